The summed E-state index contributed by atoms with van der Waals surface area (Å²) in [6, 6.07) is 15.8. The quantitative estimate of drug-likeness (QED) is 0.593. The van der Waals surface area contributed by atoms with E-state index in [1.807, 2.05) is 62.4 Å². The van der Waals surface area contributed by atoms with E-state index in [4.69, 9.17) is 4.74 Å². The third-order valence-corrected chi connectivity index (χ3v) is 3.39. The first-order valence-electron chi connectivity index (χ1n) is 7.89. The minimum absolute atomic E-state index is 0.200. The van der Waals surface area contributed by atoms with Crippen LogP contribution in [0.2, 0.25) is 0 Å². The molecular weight excluding hydrogens is 316 g/mol. The first-order valence-corrected chi connectivity index (χ1v) is 7.89. The summed E-state index contributed by atoms with van der Waals surface area (Å²) in [5.74, 6) is 1.40. The van der Waals surface area contributed by atoms with Gasteiger partial charge in [0.25, 0.3) is 0 Å². The average molecular weight is 336 g/mol. The molecule has 0 radical (unpaired) electrons. The second kappa shape index (κ2) is 7.59. The van der Waals surface area contributed by atoms with Crippen molar-refractivity contribution in [3.63, 3.8) is 0 Å². The van der Waals surface area contributed by atoms with Crippen LogP contribution in [0.15, 0.2) is 48.5 Å². The molecule has 2 aromatic carbocycles. The predicted octanol–water partition coefficient (Wildman–Crippen LogP) is 3.57. The lowest BCUT2D eigenvalue weighted by Gasteiger charge is -2.10. The van der Waals surface area contributed by atoms with Crippen molar-refractivity contribution in [1.82, 2.24) is 20.4 Å². The topological polar surface area (TPSA) is 84.0 Å². The molecule has 0 fully saturated rings. The number of benzene rings is 2. The first-order chi connectivity index (χ1) is 12.1. The van der Waals surface area contributed by atoms with Crippen LogP contribution in [-0.4, -0.2) is 22.0 Å². The zero-order valence-electron chi connectivity index (χ0n) is 14.4. The molecule has 7 heteroatoms. The summed E-state index contributed by atoms with van der Waals surface area (Å²) in [4.78, 5) is 12.9. The Balaban J connectivity index is 1.85. The van der Waals surface area contributed by atoms with Crippen LogP contribution in [0.1, 0.15) is 11.1 Å². The molecule has 3 N–H and O–H groups in total. The van der Waals surface area contributed by atoms with Crippen LogP contribution < -0.4 is 20.9 Å². The van der Waals surface area contributed by atoms with E-state index in [1.165, 1.54) is 5.56 Å². The maximum atomic E-state index is 5.75. The highest BCUT2D eigenvalue weighted by Crippen LogP contribution is 2.22. The van der Waals surface area contributed by atoms with Gasteiger partial charge in [-0.25, -0.2) is 5.43 Å². The Kier molecular flexibility index (Phi) is 5.06. The summed E-state index contributed by atoms with van der Waals surface area (Å²) >= 11 is 0. The molecule has 25 heavy (non-hydrogen) atoms. The lowest BCUT2D eigenvalue weighted by atomic mass is 10.2. The van der Waals surface area contributed by atoms with Crippen molar-refractivity contribution >= 4 is 17.6 Å². The SMILES string of the molecule is CNNc1nc(Nc2ccc(C)cc2)nc(Oc2ccc(C)cc2)n1. The van der Waals surface area contributed by atoms with Crippen molar-refractivity contribution in [2.45, 2.75) is 13.8 Å². The van der Waals surface area contributed by atoms with Gasteiger partial charge in [0.05, 0.1) is 0 Å². The maximum Gasteiger partial charge on any atom is 0.328 e. The largest absolute Gasteiger partial charge is 0.424 e. The molecule has 0 bridgehead atoms. The minimum atomic E-state index is 0.200. The predicted molar refractivity (Wildman–Crippen MR) is 98.2 cm³/mol. The monoisotopic (exact) mass is 336 g/mol. The van der Waals surface area contributed by atoms with Crippen LogP contribution in [0.25, 0.3) is 0 Å². The van der Waals surface area contributed by atoms with E-state index in [0.29, 0.717) is 17.6 Å². The van der Waals surface area contributed by atoms with Gasteiger partial charge >= 0.3 is 6.01 Å². The Bertz CT molecular complexity index is 767. The van der Waals surface area contributed by atoms with Crippen LogP contribution in [-0.2, 0) is 0 Å². The number of rotatable bonds is 6. The van der Waals surface area contributed by atoms with Gasteiger partial charge in [-0.15, -0.1) is 0 Å². The summed E-state index contributed by atoms with van der Waals surface area (Å²) in [6.07, 6.45) is 0. The average Bonchev–Trinajstić information content (AvgIpc) is 2.59. The summed E-state index contributed by atoms with van der Waals surface area (Å²) in [7, 11) is 1.73. The number of nitrogens with zero attached hydrogens (tertiary/aromatic N) is 3. The smallest absolute Gasteiger partial charge is 0.328 e. The molecule has 0 saturated carbocycles. The fraction of sp³-hybridized carbons (Fsp3) is 0.167. The molecule has 0 aliphatic carbocycles. The van der Waals surface area contributed by atoms with Gasteiger partial charge in [0.15, 0.2) is 0 Å². The first kappa shape index (κ1) is 16.7. The highest BCUT2D eigenvalue weighted by molar-refractivity contribution is 5.54. The number of aromatic nitrogens is 3. The lowest BCUT2D eigenvalue weighted by molar-refractivity contribution is 0.441. The molecule has 3 rings (SSSR count). The highest BCUT2D eigenvalue weighted by atomic mass is 16.5. The zero-order chi connectivity index (χ0) is 17.6. The molecule has 0 unspecified atom stereocenters. The Morgan fingerprint density at radius 1 is 0.760 bits per heavy atom. The number of hydrogen-bond acceptors (Lipinski definition) is 7. The fourth-order valence-corrected chi connectivity index (χ4v) is 2.10. The van der Waals surface area contributed by atoms with Crippen LogP contribution >= 0.6 is 0 Å². The van der Waals surface area contributed by atoms with Gasteiger partial charge in [0.2, 0.25) is 11.9 Å². The van der Waals surface area contributed by atoms with Crippen LogP contribution in [0.5, 0.6) is 11.8 Å². The Morgan fingerprint density at radius 3 is 2.00 bits per heavy atom. The number of ether oxygens (including phenoxy) is 1. The van der Waals surface area contributed by atoms with E-state index in [2.05, 4.69) is 31.1 Å². The fourth-order valence-electron chi connectivity index (χ4n) is 2.10. The van der Waals surface area contributed by atoms with E-state index in [1.54, 1.807) is 7.05 Å². The van der Waals surface area contributed by atoms with E-state index in [9.17, 15) is 0 Å². The lowest BCUT2D eigenvalue weighted by Crippen LogP contribution is -2.18. The van der Waals surface area contributed by atoms with Crippen molar-refractivity contribution in [2.24, 2.45) is 0 Å². The maximum absolute atomic E-state index is 5.75. The molecule has 0 amide bonds. The normalized spacial score (nSPS) is 10.4. The van der Waals surface area contributed by atoms with Crippen LogP contribution in [0.4, 0.5) is 17.6 Å². The summed E-state index contributed by atoms with van der Waals surface area (Å²) in [5, 5.41) is 3.16. The van der Waals surface area contributed by atoms with Crippen molar-refractivity contribution < 1.29 is 4.74 Å². The molecule has 1 aromatic heterocycles. The van der Waals surface area contributed by atoms with Gasteiger partial charge in [0.1, 0.15) is 5.75 Å². The zero-order valence-corrected chi connectivity index (χ0v) is 14.4. The number of hydrogen-bond donors (Lipinski definition) is 3. The van der Waals surface area contributed by atoms with Crippen molar-refractivity contribution in [2.75, 3.05) is 17.8 Å². The summed E-state index contributed by atoms with van der Waals surface area (Å²) in [5.41, 5.74) is 8.86. The number of aryl methyl sites for hydroxylation is 2. The summed E-state index contributed by atoms with van der Waals surface area (Å²) in [6.45, 7) is 4.06. The second-order valence-electron chi connectivity index (χ2n) is 5.55. The molecule has 128 valence electrons. The van der Waals surface area contributed by atoms with Gasteiger partial charge in [-0.05, 0) is 38.1 Å². The molecular formula is C18H20N6O. The van der Waals surface area contributed by atoms with Gasteiger partial charge in [0, 0.05) is 12.7 Å². The molecule has 0 aliphatic rings. The van der Waals surface area contributed by atoms with Crippen molar-refractivity contribution in [1.29, 1.82) is 0 Å². The van der Waals surface area contributed by atoms with Gasteiger partial charge in [-0.1, -0.05) is 35.4 Å². The summed E-state index contributed by atoms with van der Waals surface area (Å²) < 4.78 is 5.75. The van der Waals surface area contributed by atoms with Crippen molar-refractivity contribution in [3.8, 4) is 11.8 Å². The van der Waals surface area contributed by atoms with Crippen LogP contribution in [0, 0.1) is 13.8 Å². The van der Waals surface area contributed by atoms with Gasteiger partial charge in [-0.2, -0.15) is 15.0 Å². The van der Waals surface area contributed by atoms with Crippen LogP contribution in [0.3, 0.4) is 0 Å². The van der Waals surface area contributed by atoms with Gasteiger partial charge < -0.3 is 10.1 Å². The Morgan fingerprint density at radius 2 is 1.36 bits per heavy atom. The third kappa shape index (κ3) is 4.65. The minimum Gasteiger partial charge on any atom is -0.424 e. The van der Waals surface area contributed by atoms with E-state index in [0.717, 1.165) is 11.3 Å². The van der Waals surface area contributed by atoms with E-state index in [-0.39, 0.29) is 6.01 Å². The molecule has 3 aromatic rings. The molecule has 0 aliphatic heterocycles. The molecule has 1 heterocycles. The highest BCUT2D eigenvalue weighted by Gasteiger charge is 2.09. The molecule has 0 spiro atoms. The number of nitrogens with one attached hydrogen (secondary N) is 3. The van der Waals surface area contributed by atoms with E-state index < -0.39 is 0 Å². The Labute approximate surface area is 146 Å². The standard InChI is InChI=1S/C18H20N6O/c1-12-4-8-14(9-5-12)20-16-21-17(24-19-3)23-18(22-16)25-15-10-6-13(2)7-11-15/h4-11,19H,1-3H3,(H2,20,21,22,23,24). The second-order valence-corrected chi connectivity index (χ2v) is 5.55. The Hall–Kier alpha value is -3.19. The number of anilines is 3. The number of hydrazine groups is 1. The third-order valence-electron chi connectivity index (χ3n) is 3.39. The van der Waals surface area contributed by atoms with Gasteiger partial charge in [-0.3, -0.25) is 5.43 Å². The van der Waals surface area contributed by atoms with Crippen molar-refractivity contribution in [3.05, 3.63) is 59.7 Å². The van der Waals surface area contributed by atoms with E-state index >= 15 is 0 Å². The molecule has 7 nitrogen and oxygen atoms in total. The molecule has 0 atom stereocenters. The molecule has 0 saturated heterocycles.